The van der Waals surface area contributed by atoms with Crippen LogP contribution in [0.25, 0.3) is 0 Å². The number of nitrogens with one attached hydrogen (secondary N) is 1. The van der Waals surface area contributed by atoms with E-state index in [1.165, 1.54) is 42.5 Å². The summed E-state index contributed by atoms with van der Waals surface area (Å²) in [6.45, 7) is 0. The van der Waals surface area contributed by atoms with E-state index in [-0.39, 0.29) is 32.3 Å². The number of ether oxygens (including phenoxy) is 1. The van der Waals surface area contributed by atoms with Gasteiger partial charge in [0, 0.05) is 16.9 Å². The summed E-state index contributed by atoms with van der Waals surface area (Å²) >= 11 is 11.6. The van der Waals surface area contributed by atoms with Crippen LogP contribution in [0.3, 0.4) is 0 Å². The van der Waals surface area contributed by atoms with Crippen molar-refractivity contribution >= 4 is 38.9 Å². The van der Waals surface area contributed by atoms with Gasteiger partial charge in [0.2, 0.25) is 5.88 Å². The minimum absolute atomic E-state index is 0.00828. The Morgan fingerprint density at radius 1 is 1.00 bits per heavy atom. The fraction of sp³-hybridized carbons (Fsp3) is 0.0556. The maximum Gasteiger partial charge on any atom is 0.417 e. The topological polar surface area (TPSA) is 68.3 Å². The van der Waals surface area contributed by atoms with Gasteiger partial charge in [-0.25, -0.2) is 13.4 Å². The molecule has 3 aromatic rings. The van der Waals surface area contributed by atoms with Gasteiger partial charge in [-0.1, -0.05) is 29.3 Å². The second-order valence-corrected chi connectivity index (χ2v) is 8.22. The molecule has 152 valence electrons. The van der Waals surface area contributed by atoms with E-state index in [4.69, 9.17) is 27.9 Å². The lowest BCUT2D eigenvalue weighted by Gasteiger charge is -2.11. The van der Waals surface area contributed by atoms with Gasteiger partial charge in [0.25, 0.3) is 10.0 Å². The first kappa shape index (κ1) is 21.2. The van der Waals surface area contributed by atoms with E-state index in [0.29, 0.717) is 12.3 Å². The molecule has 0 bridgehead atoms. The predicted molar refractivity (Wildman–Crippen MR) is 103 cm³/mol. The summed E-state index contributed by atoms with van der Waals surface area (Å²) in [5.74, 6) is -0.0169. The Labute approximate surface area is 174 Å². The first-order valence-corrected chi connectivity index (χ1v) is 10.1. The van der Waals surface area contributed by atoms with Crippen LogP contribution in [0.1, 0.15) is 5.56 Å². The minimum atomic E-state index is -4.57. The zero-order valence-electron chi connectivity index (χ0n) is 14.2. The smallest absolute Gasteiger partial charge is 0.417 e. The summed E-state index contributed by atoms with van der Waals surface area (Å²) in [5.41, 5.74) is -0.760. The van der Waals surface area contributed by atoms with Crippen molar-refractivity contribution in [2.75, 3.05) is 4.72 Å². The Morgan fingerprint density at radius 3 is 2.28 bits per heavy atom. The summed E-state index contributed by atoms with van der Waals surface area (Å²) in [4.78, 5) is 3.56. The van der Waals surface area contributed by atoms with E-state index in [2.05, 4.69) is 9.71 Å². The van der Waals surface area contributed by atoms with E-state index < -0.39 is 21.8 Å². The number of anilines is 1. The lowest BCUT2D eigenvalue weighted by Crippen LogP contribution is -2.12. The van der Waals surface area contributed by atoms with Gasteiger partial charge in [0.05, 0.1) is 10.5 Å². The summed E-state index contributed by atoms with van der Waals surface area (Å²) < 4.78 is 70.4. The van der Waals surface area contributed by atoms with Gasteiger partial charge >= 0.3 is 6.18 Å². The predicted octanol–water partition coefficient (Wildman–Crippen LogP) is 6.00. The largest absolute Gasteiger partial charge is 0.438 e. The highest BCUT2D eigenvalue weighted by molar-refractivity contribution is 7.92. The number of halogens is 5. The lowest BCUT2D eigenvalue weighted by molar-refractivity contribution is -0.137. The Morgan fingerprint density at radius 2 is 1.69 bits per heavy atom. The zero-order valence-corrected chi connectivity index (χ0v) is 16.6. The number of rotatable bonds is 5. The molecule has 0 spiro atoms. The second-order valence-electron chi connectivity index (χ2n) is 5.70. The molecule has 0 unspecified atom stereocenters. The van der Waals surface area contributed by atoms with Crippen LogP contribution in [0.5, 0.6) is 11.6 Å². The average molecular weight is 463 g/mol. The Hall–Kier alpha value is -2.49. The van der Waals surface area contributed by atoms with E-state index in [1.807, 2.05) is 0 Å². The van der Waals surface area contributed by atoms with Crippen molar-refractivity contribution in [2.24, 2.45) is 0 Å². The molecule has 5 nitrogen and oxygen atoms in total. The van der Waals surface area contributed by atoms with Gasteiger partial charge in [0.1, 0.15) is 10.8 Å². The molecule has 0 saturated heterocycles. The SMILES string of the molecule is O=S(=O)(Nc1ccc(Oc2ncc(C(F)(F)F)cc2Cl)cc1)c1cccc(Cl)c1. The van der Waals surface area contributed by atoms with Gasteiger partial charge in [-0.2, -0.15) is 13.2 Å². The minimum Gasteiger partial charge on any atom is -0.438 e. The third kappa shape index (κ3) is 5.31. The fourth-order valence-electron chi connectivity index (χ4n) is 2.21. The van der Waals surface area contributed by atoms with Crippen LogP contribution >= 0.6 is 23.2 Å². The number of nitrogens with zero attached hydrogens (tertiary/aromatic N) is 1. The molecule has 3 rings (SSSR count). The number of alkyl halides is 3. The molecule has 2 aromatic carbocycles. The van der Waals surface area contributed by atoms with E-state index >= 15 is 0 Å². The molecule has 29 heavy (non-hydrogen) atoms. The molecule has 0 aliphatic rings. The molecule has 1 N–H and O–H groups in total. The van der Waals surface area contributed by atoms with E-state index in [1.54, 1.807) is 6.07 Å². The monoisotopic (exact) mass is 462 g/mol. The highest BCUT2D eigenvalue weighted by Crippen LogP contribution is 2.34. The molecular formula is C18H11Cl2F3N2O3S. The summed E-state index contributed by atoms with van der Waals surface area (Å²) in [6.07, 6.45) is -3.97. The number of hydrogen-bond acceptors (Lipinski definition) is 4. The maximum absolute atomic E-state index is 12.6. The number of pyridine rings is 1. The molecule has 0 fully saturated rings. The lowest BCUT2D eigenvalue weighted by atomic mass is 10.3. The summed E-state index contributed by atoms with van der Waals surface area (Å²) in [6, 6.07) is 12.1. The Bertz CT molecular complexity index is 1140. The molecule has 1 heterocycles. The standard InChI is InChI=1S/C18H11Cl2F3N2O3S/c19-12-2-1-3-15(9-12)29(26,27)25-13-4-6-14(7-5-13)28-17-16(20)8-11(10-24-17)18(21,22)23/h1-10,25H. The molecule has 1 aromatic heterocycles. The van der Waals surface area contributed by atoms with E-state index in [9.17, 15) is 21.6 Å². The van der Waals surface area contributed by atoms with Crippen molar-refractivity contribution in [1.29, 1.82) is 0 Å². The average Bonchev–Trinajstić information content (AvgIpc) is 2.64. The van der Waals surface area contributed by atoms with Gasteiger partial charge in [-0.3, -0.25) is 4.72 Å². The molecule has 0 atom stereocenters. The van der Waals surface area contributed by atoms with Gasteiger partial charge < -0.3 is 4.74 Å². The number of sulfonamides is 1. The van der Waals surface area contributed by atoms with Crippen LogP contribution in [0.2, 0.25) is 10.0 Å². The molecule has 0 saturated carbocycles. The van der Waals surface area contributed by atoms with Crippen LogP contribution in [0.15, 0.2) is 65.7 Å². The van der Waals surface area contributed by atoms with Crippen molar-refractivity contribution in [3.8, 4) is 11.6 Å². The first-order valence-electron chi connectivity index (χ1n) is 7.84. The molecule has 0 amide bonds. The Balaban J connectivity index is 1.74. The highest BCUT2D eigenvalue weighted by atomic mass is 35.5. The van der Waals surface area contributed by atoms with Crippen LogP contribution < -0.4 is 9.46 Å². The third-order valence-corrected chi connectivity index (χ3v) is 5.45. The van der Waals surface area contributed by atoms with Crippen LogP contribution in [0.4, 0.5) is 18.9 Å². The molecule has 0 aliphatic heterocycles. The molecule has 0 radical (unpaired) electrons. The number of aromatic nitrogens is 1. The van der Waals surface area contributed by atoms with Gasteiger partial charge in [-0.05, 0) is 48.5 Å². The van der Waals surface area contributed by atoms with E-state index in [0.717, 1.165) is 0 Å². The van der Waals surface area contributed by atoms with Crippen molar-refractivity contribution in [2.45, 2.75) is 11.1 Å². The van der Waals surface area contributed by atoms with Gasteiger partial charge in [0.15, 0.2) is 0 Å². The van der Waals surface area contributed by atoms with Crippen molar-refractivity contribution in [3.05, 3.63) is 76.4 Å². The van der Waals surface area contributed by atoms with Crippen molar-refractivity contribution in [3.63, 3.8) is 0 Å². The molecule has 0 aliphatic carbocycles. The summed E-state index contributed by atoms with van der Waals surface area (Å²) in [7, 11) is -3.85. The normalized spacial score (nSPS) is 11.9. The van der Waals surface area contributed by atoms with Crippen molar-refractivity contribution < 1.29 is 26.3 Å². The number of hydrogen-bond donors (Lipinski definition) is 1. The highest BCUT2D eigenvalue weighted by Gasteiger charge is 2.31. The van der Waals surface area contributed by atoms with Gasteiger partial charge in [-0.15, -0.1) is 0 Å². The van der Waals surface area contributed by atoms with Crippen LogP contribution in [0, 0.1) is 0 Å². The molecule has 11 heteroatoms. The fourth-order valence-corrected chi connectivity index (χ4v) is 3.77. The van der Waals surface area contributed by atoms with Crippen LogP contribution in [-0.2, 0) is 16.2 Å². The quantitative estimate of drug-likeness (QED) is 0.504. The maximum atomic E-state index is 12.6. The summed E-state index contributed by atoms with van der Waals surface area (Å²) in [5, 5.41) is -0.0388. The first-order chi connectivity index (χ1) is 13.5. The zero-order chi connectivity index (χ0) is 21.2. The van der Waals surface area contributed by atoms with Crippen molar-refractivity contribution in [1.82, 2.24) is 4.98 Å². The third-order valence-electron chi connectivity index (χ3n) is 3.56. The van der Waals surface area contributed by atoms with Crippen LogP contribution in [-0.4, -0.2) is 13.4 Å². The second kappa shape index (κ2) is 8.10. The number of benzene rings is 2. The Kier molecular flexibility index (Phi) is 5.92. The molecular weight excluding hydrogens is 452 g/mol.